The van der Waals surface area contributed by atoms with Gasteiger partial charge in [-0.15, -0.1) is 0 Å². The number of anilines is 2. The van der Waals surface area contributed by atoms with Gasteiger partial charge in [0.2, 0.25) is 5.91 Å². The Morgan fingerprint density at radius 3 is 2.88 bits per heavy atom. The number of carbonyl (C=O) groups excluding carboxylic acids is 1. The highest BCUT2D eigenvalue weighted by molar-refractivity contribution is 5.84. The quantitative estimate of drug-likeness (QED) is 0.729. The molecule has 6 heteroatoms. The molecule has 1 atom stereocenters. The molecule has 6 nitrogen and oxygen atoms in total. The van der Waals surface area contributed by atoms with Crippen molar-refractivity contribution >= 4 is 17.4 Å². The number of piperidine rings is 1. The molecule has 2 heterocycles. The van der Waals surface area contributed by atoms with Crippen LogP contribution in [0.4, 0.5) is 11.5 Å². The molecule has 1 fully saturated rings. The molecule has 1 unspecified atom stereocenters. The van der Waals surface area contributed by atoms with Crippen LogP contribution in [0.25, 0.3) is 0 Å². The molecule has 0 saturated carbocycles. The zero-order chi connectivity index (χ0) is 11.7. The Bertz CT molecular complexity index is 400. The Morgan fingerprint density at radius 2 is 2.31 bits per heavy atom. The van der Waals surface area contributed by atoms with Gasteiger partial charge in [-0.2, -0.15) is 5.10 Å². The number of nitrogens with zero attached hydrogens (tertiary/aromatic N) is 3. The second kappa shape index (κ2) is 4.03. The van der Waals surface area contributed by atoms with Crippen LogP contribution in [-0.4, -0.2) is 28.3 Å². The normalized spacial score (nSPS) is 21.1. The first-order chi connectivity index (χ1) is 7.59. The van der Waals surface area contributed by atoms with E-state index in [9.17, 15) is 4.79 Å². The van der Waals surface area contributed by atoms with E-state index in [0.29, 0.717) is 11.5 Å². The number of amides is 1. The van der Waals surface area contributed by atoms with Crippen LogP contribution in [0, 0.1) is 0 Å². The van der Waals surface area contributed by atoms with Crippen LogP contribution in [0.2, 0.25) is 0 Å². The largest absolute Gasteiger partial charge is 0.394 e. The van der Waals surface area contributed by atoms with Gasteiger partial charge in [0.25, 0.3) is 0 Å². The summed E-state index contributed by atoms with van der Waals surface area (Å²) in [6, 6.07) is -0.272. The van der Waals surface area contributed by atoms with Crippen LogP contribution in [0.5, 0.6) is 0 Å². The first-order valence-electron chi connectivity index (χ1n) is 5.44. The van der Waals surface area contributed by atoms with E-state index >= 15 is 0 Å². The third-order valence-electron chi connectivity index (χ3n) is 2.94. The standard InChI is InChI=1S/C10H17N5O/c1-14-6-7(11)10(13-14)15-5-3-2-4-8(15)9(12)16/h6,8H,2-5,11H2,1H3,(H2,12,16). The van der Waals surface area contributed by atoms with Gasteiger partial charge in [-0.1, -0.05) is 0 Å². The van der Waals surface area contributed by atoms with Crippen LogP contribution in [0.15, 0.2) is 6.20 Å². The summed E-state index contributed by atoms with van der Waals surface area (Å²) in [6.45, 7) is 0.787. The molecule has 1 aliphatic heterocycles. The molecule has 4 N–H and O–H groups in total. The summed E-state index contributed by atoms with van der Waals surface area (Å²) in [5.74, 6) is 0.371. The van der Waals surface area contributed by atoms with Crippen molar-refractivity contribution in [1.82, 2.24) is 9.78 Å². The van der Waals surface area contributed by atoms with Crippen LogP contribution < -0.4 is 16.4 Å². The number of primary amides is 1. The van der Waals surface area contributed by atoms with E-state index in [1.807, 2.05) is 11.9 Å². The Balaban J connectivity index is 2.29. The lowest BCUT2D eigenvalue weighted by molar-refractivity contribution is -0.119. The van der Waals surface area contributed by atoms with Crippen molar-refractivity contribution in [3.05, 3.63) is 6.20 Å². The van der Waals surface area contributed by atoms with E-state index in [4.69, 9.17) is 11.5 Å². The maximum Gasteiger partial charge on any atom is 0.240 e. The van der Waals surface area contributed by atoms with E-state index in [1.165, 1.54) is 0 Å². The lowest BCUT2D eigenvalue weighted by Crippen LogP contribution is -2.48. The summed E-state index contributed by atoms with van der Waals surface area (Å²) in [4.78, 5) is 13.3. The highest BCUT2D eigenvalue weighted by atomic mass is 16.1. The fourth-order valence-electron chi connectivity index (χ4n) is 2.20. The van der Waals surface area contributed by atoms with Crippen molar-refractivity contribution in [2.24, 2.45) is 12.8 Å². The van der Waals surface area contributed by atoms with E-state index in [-0.39, 0.29) is 11.9 Å². The minimum absolute atomic E-state index is 0.272. The molecule has 1 aromatic rings. The predicted molar refractivity (Wildman–Crippen MR) is 61.8 cm³/mol. The van der Waals surface area contributed by atoms with Crippen molar-refractivity contribution in [1.29, 1.82) is 0 Å². The average molecular weight is 223 g/mol. The number of carbonyl (C=O) groups is 1. The summed E-state index contributed by atoms with van der Waals surface area (Å²) < 4.78 is 1.65. The third kappa shape index (κ3) is 1.82. The molecule has 1 amide bonds. The Kier molecular flexibility index (Phi) is 2.72. The van der Waals surface area contributed by atoms with Crippen molar-refractivity contribution in [2.75, 3.05) is 17.2 Å². The molecule has 1 aliphatic rings. The molecule has 16 heavy (non-hydrogen) atoms. The van der Waals surface area contributed by atoms with Crippen molar-refractivity contribution in [2.45, 2.75) is 25.3 Å². The molecule has 0 radical (unpaired) electrons. The Hall–Kier alpha value is -1.72. The molecule has 0 aliphatic carbocycles. The molecule has 1 saturated heterocycles. The van der Waals surface area contributed by atoms with Gasteiger partial charge >= 0.3 is 0 Å². The van der Waals surface area contributed by atoms with Crippen LogP contribution in [0.3, 0.4) is 0 Å². The van der Waals surface area contributed by atoms with Gasteiger partial charge in [-0.05, 0) is 19.3 Å². The first-order valence-corrected chi connectivity index (χ1v) is 5.44. The van der Waals surface area contributed by atoms with Crippen molar-refractivity contribution in [3.8, 4) is 0 Å². The van der Waals surface area contributed by atoms with Crippen molar-refractivity contribution in [3.63, 3.8) is 0 Å². The molecule has 0 bridgehead atoms. The summed E-state index contributed by atoms with van der Waals surface area (Å²) in [5.41, 5.74) is 11.8. The molecule has 1 aromatic heterocycles. The maximum atomic E-state index is 11.4. The minimum atomic E-state index is -0.301. The smallest absolute Gasteiger partial charge is 0.240 e. The third-order valence-corrected chi connectivity index (χ3v) is 2.94. The topological polar surface area (TPSA) is 90.2 Å². The fraction of sp³-hybridized carbons (Fsp3) is 0.600. The number of rotatable bonds is 2. The van der Waals surface area contributed by atoms with Gasteiger partial charge in [-0.3, -0.25) is 9.48 Å². The Morgan fingerprint density at radius 1 is 1.56 bits per heavy atom. The van der Waals surface area contributed by atoms with Crippen molar-refractivity contribution < 1.29 is 4.79 Å². The van der Waals surface area contributed by atoms with Gasteiger partial charge in [0.15, 0.2) is 5.82 Å². The molecule has 2 rings (SSSR count). The number of aromatic nitrogens is 2. The summed E-state index contributed by atoms with van der Waals surface area (Å²) in [7, 11) is 1.81. The Labute approximate surface area is 94.2 Å². The average Bonchev–Trinajstić information content (AvgIpc) is 2.57. The van der Waals surface area contributed by atoms with Gasteiger partial charge in [0, 0.05) is 19.8 Å². The number of hydrogen-bond donors (Lipinski definition) is 2. The van der Waals surface area contributed by atoms with E-state index < -0.39 is 0 Å². The zero-order valence-corrected chi connectivity index (χ0v) is 9.39. The van der Waals surface area contributed by atoms with Crippen LogP contribution in [0.1, 0.15) is 19.3 Å². The maximum absolute atomic E-state index is 11.4. The fourth-order valence-corrected chi connectivity index (χ4v) is 2.20. The van der Waals surface area contributed by atoms with Gasteiger partial charge in [-0.25, -0.2) is 0 Å². The van der Waals surface area contributed by atoms with E-state index in [2.05, 4.69) is 5.10 Å². The summed E-state index contributed by atoms with van der Waals surface area (Å²) in [5, 5.41) is 4.28. The van der Waals surface area contributed by atoms with E-state index in [1.54, 1.807) is 10.9 Å². The van der Waals surface area contributed by atoms with Gasteiger partial charge in [0.05, 0.1) is 5.69 Å². The summed E-state index contributed by atoms with van der Waals surface area (Å²) in [6.07, 6.45) is 4.59. The number of nitrogen functional groups attached to an aromatic ring is 1. The van der Waals surface area contributed by atoms with Gasteiger partial charge < -0.3 is 16.4 Å². The predicted octanol–water partition coefficient (Wildman–Crippen LogP) is -0.153. The number of nitrogens with two attached hydrogens (primary N) is 2. The first kappa shape index (κ1) is 10.8. The molecular weight excluding hydrogens is 206 g/mol. The monoisotopic (exact) mass is 223 g/mol. The number of aryl methyl sites for hydroxylation is 1. The number of hydrogen-bond acceptors (Lipinski definition) is 4. The highest BCUT2D eigenvalue weighted by Gasteiger charge is 2.29. The summed E-state index contributed by atoms with van der Waals surface area (Å²) >= 11 is 0. The zero-order valence-electron chi connectivity index (χ0n) is 9.39. The second-order valence-corrected chi connectivity index (χ2v) is 4.19. The van der Waals surface area contributed by atoms with E-state index in [0.717, 1.165) is 25.8 Å². The lowest BCUT2D eigenvalue weighted by Gasteiger charge is -2.34. The molecule has 0 spiro atoms. The van der Waals surface area contributed by atoms with Crippen LogP contribution in [-0.2, 0) is 11.8 Å². The SMILES string of the molecule is Cn1cc(N)c(N2CCCCC2C(N)=O)n1. The van der Waals surface area contributed by atoms with Crippen LogP contribution >= 0.6 is 0 Å². The highest BCUT2D eigenvalue weighted by Crippen LogP contribution is 2.27. The molecule has 0 aromatic carbocycles. The minimum Gasteiger partial charge on any atom is -0.394 e. The second-order valence-electron chi connectivity index (χ2n) is 4.19. The molecular formula is C10H17N5O. The molecule has 88 valence electrons. The lowest BCUT2D eigenvalue weighted by atomic mass is 10.0. The van der Waals surface area contributed by atoms with Gasteiger partial charge in [0.1, 0.15) is 6.04 Å².